The van der Waals surface area contributed by atoms with Crippen molar-refractivity contribution in [2.24, 2.45) is 34.5 Å². The topological polar surface area (TPSA) is 55.4 Å². The van der Waals surface area contributed by atoms with E-state index in [1.165, 1.54) is 13.5 Å². The van der Waals surface area contributed by atoms with Crippen LogP contribution in [-0.4, -0.2) is 25.0 Å². The van der Waals surface area contributed by atoms with E-state index in [0.717, 1.165) is 32.1 Å². The van der Waals surface area contributed by atoms with Gasteiger partial charge in [-0.15, -0.1) is 0 Å². The van der Waals surface area contributed by atoms with Crippen molar-refractivity contribution < 1.29 is 14.3 Å². The molecule has 0 aromatic carbocycles. The fraction of sp³-hybridized carbons (Fsp3) is 0.826. The van der Waals surface area contributed by atoms with Crippen LogP contribution in [0.5, 0.6) is 0 Å². The zero-order valence-electron chi connectivity index (χ0n) is 17.0. The molecule has 1 aliphatic heterocycles. The predicted octanol–water partition coefficient (Wildman–Crippen LogP) is 4.74. The summed E-state index contributed by atoms with van der Waals surface area (Å²) in [7, 11) is 1.52. The lowest BCUT2D eigenvalue weighted by Gasteiger charge is -2.58. The van der Waals surface area contributed by atoms with Crippen LogP contribution < -0.4 is 5.32 Å². The number of rotatable bonds is 1. The Morgan fingerprint density at radius 3 is 2.48 bits per heavy atom. The second kappa shape index (κ2) is 7.97. The van der Waals surface area contributed by atoms with Crippen LogP contribution in [0.1, 0.15) is 73.6 Å². The highest BCUT2D eigenvalue weighted by atomic mass is 16.5. The minimum Gasteiger partial charge on any atom is -0.469 e. The maximum absolute atomic E-state index is 12.3. The Labute approximate surface area is 165 Å². The van der Waals surface area contributed by atoms with Crippen molar-refractivity contribution >= 4 is 11.9 Å². The van der Waals surface area contributed by atoms with E-state index in [9.17, 15) is 9.59 Å². The molecule has 0 aromatic heterocycles. The van der Waals surface area contributed by atoms with E-state index in [4.69, 9.17) is 4.74 Å². The fourth-order valence-electron chi connectivity index (χ4n) is 6.86. The van der Waals surface area contributed by atoms with Gasteiger partial charge in [-0.05, 0) is 67.8 Å². The fourth-order valence-corrected chi connectivity index (χ4v) is 6.86. The summed E-state index contributed by atoms with van der Waals surface area (Å²) in [5.41, 5.74) is 0.167. The lowest BCUT2D eigenvalue weighted by molar-refractivity contribution is -0.153. The SMILES string of the molecule is C.CC.COC(=O)C1CCC2C3CCC4NC(=O)C=CC4(C)C3CCC12C. The quantitative estimate of drug-likeness (QED) is 0.672. The van der Waals surface area contributed by atoms with Gasteiger partial charge in [0.2, 0.25) is 5.91 Å². The van der Waals surface area contributed by atoms with E-state index in [1.54, 1.807) is 6.08 Å². The molecule has 1 heterocycles. The summed E-state index contributed by atoms with van der Waals surface area (Å²) < 4.78 is 5.10. The monoisotopic (exact) mass is 377 g/mol. The molecule has 7 unspecified atom stereocenters. The standard InChI is InChI=1S/C20H29NO3.C2H6.CH4/c1-19-10-8-14-12(13(19)5-6-15(19)18(23)24-3)4-7-16-20(14,2)11-9-17(22)21-16;1-2;/h9,11-16H,4-8,10H2,1-3H3,(H,21,22);1-2H3;1H4. The molecule has 1 amide bonds. The molecule has 0 spiro atoms. The van der Waals surface area contributed by atoms with Crippen molar-refractivity contribution in [1.29, 1.82) is 0 Å². The van der Waals surface area contributed by atoms with Crippen LogP contribution in [0.25, 0.3) is 0 Å². The molecule has 3 fully saturated rings. The molecule has 154 valence electrons. The summed E-state index contributed by atoms with van der Waals surface area (Å²) in [5.74, 6) is 2.01. The summed E-state index contributed by atoms with van der Waals surface area (Å²) in [4.78, 5) is 24.0. The van der Waals surface area contributed by atoms with Gasteiger partial charge in [0.1, 0.15) is 0 Å². The first-order valence-corrected chi connectivity index (χ1v) is 10.5. The van der Waals surface area contributed by atoms with Crippen molar-refractivity contribution in [2.45, 2.75) is 79.7 Å². The molecule has 7 atom stereocenters. The van der Waals surface area contributed by atoms with Gasteiger partial charge in [-0.3, -0.25) is 9.59 Å². The molecule has 27 heavy (non-hydrogen) atoms. The van der Waals surface area contributed by atoms with Crippen LogP contribution in [0.15, 0.2) is 12.2 Å². The summed E-state index contributed by atoms with van der Waals surface area (Å²) in [6.07, 6.45) is 10.5. The highest BCUT2D eigenvalue weighted by Gasteiger charge is 2.61. The Morgan fingerprint density at radius 2 is 1.81 bits per heavy atom. The van der Waals surface area contributed by atoms with Gasteiger partial charge in [-0.2, -0.15) is 0 Å². The lowest BCUT2D eigenvalue weighted by Crippen LogP contribution is -2.59. The molecule has 0 aromatic rings. The largest absolute Gasteiger partial charge is 0.469 e. The Bertz CT molecular complexity index is 600. The molecule has 3 aliphatic carbocycles. The smallest absolute Gasteiger partial charge is 0.309 e. The van der Waals surface area contributed by atoms with E-state index in [2.05, 4.69) is 25.2 Å². The van der Waals surface area contributed by atoms with Crippen LogP contribution in [0.3, 0.4) is 0 Å². The number of fused-ring (bicyclic) bond motifs is 5. The average molecular weight is 378 g/mol. The molecule has 0 bridgehead atoms. The van der Waals surface area contributed by atoms with Crippen LogP contribution in [0.4, 0.5) is 0 Å². The first-order chi connectivity index (χ1) is 12.4. The third kappa shape index (κ3) is 3.23. The van der Waals surface area contributed by atoms with Crippen molar-refractivity contribution in [3.63, 3.8) is 0 Å². The first-order valence-electron chi connectivity index (χ1n) is 10.5. The highest BCUT2D eigenvalue weighted by molar-refractivity contribution is 5.89. The predicted molar refractivity (Wildman–Crippen MR) is 109 cm³/mol. The third-order valence-electron chi connectivity index (χ3n) is 8.17. The van der Waals surface area contributed by atoms with Crippen molar-refractivity contribution in [2.75, 3.05) is 7.11 Å². The molecule has 0 radical (unpaired) electrons. The van der Waals surface area contributed by atoms with Crippen molar-refractivity contribution in [1.82, 2.24) is 5.32 Å². The van der Waals surface area contributed by atoms with Crippen LogP contribution in [0.2, 0.25) is 0 Å². The van der Waals surface area contributed by atoms with Gasteiger partial charge < -0.3 is 10.1 Å². The number of hydrogen-bond donors (Lipinski definition) is 1. The molecule has 0 saturated heterocycles. The zero-order valence-corrected chi connectivity index (χ0v) is 17.0. The second-order valence-electron chi connectivity index (χ2n) is 8.91. The molecule has 4 nitrogen and oxygen atoms in total. The number of nitrogens with one attached hydrogen (secondary N) is 1. The average Bonchev–Trinajstić information content (AvgIpc) is 3.00. The van der Waals surface area contributed by atoms with Crippen LogP contribution in [-0.2, 0) is 14.3 Å². The van der Waals surface area contributed by atoms with Crippen LogP contribution in [0, 0.1) is 34.5 Å². The van der Waals surface area contributed by atoms with Gasteiger partial charge in [-0.25, -0.2) is 0 Å². The van der Waals surface area contributed by atoms with Gasteiger partial charge in [-0.1, -0.05) is 41.2 Å². The van der Waals surface area contributed by atoms with Gasteiger partial charge >= 0.3 is 5.97 Å². The van der Waals surface area contributed by atoms with Gasteiger partial charge in [0, 0.05) is 11.5 Å². The third-order valence-corrected chi connectivity index (χ3v) is 8.17. The Hall–Kier alpha value is -1.32. The maximum Gasteiger partial charge on any atom is 0.309 e. The number of amides is 1. The van der Waals surface area contributed by atoms with E-state index >= 15 is 0 Å². The summed E-state index contributed by atoms with van der Waals surface area (Å²) in [6, 6.07) is 0.276. The highest BCUT2D eigenvalue weighted by Crippen LogP contribution is 2.65. The van der Waals surface area contributed by atoms with Crippen LogP contribution >= 0.6 is 0 Å². The Kier molecular flexibility index (Phi) is 6.48. The molecular formula is C23H39NO3. The Morgan fingerprint density at radius 1 is 1.11 bits per heavy atom. The first kappa shape index (κ1) is 22.0. The van der Waals surface area contributed by atoms with Crippen molar-refractivity contribution in [3.05, 3.63) is 12.2 Å². The number of ether oxygens (including phenoxy) is 1. The van der Waals surface area contributed by atoms with E-state index < -0.39 is 0 Å². The number of hydrogen-bond acceptors (Lipinski definition) is 3. The Balaban J connectivity index is 0.000000844. The normalized spacial score (nSPS) is 44.3. The zero-order chi connectivity index (χ0) is 19.1. The van der Waals surface area contributed by atoms with E-state index in [1.807, 2.05) is 13.8 Å². The van der Waals surface area contributed by atoms with Crippen molar-refractivity contribution in [3.8, 4) is 0 Å². The number of esters is 1. The number of carbonyl (C=O) groups excluding carboxylic acids is 2. The summed E-state index contributed by atoms with van der Waals surface area (Å²) in [6.45, 7) is 8.66. The van der Waals surface area contributed by atoms with Gasteiger partial charge in [0.05, 0.1) is 13.0 Å². The minimum atomic E-state index is -0.0110. The van der Waals surface area contributed by atoms with E-state index in [-0.39, 0.29) is 42.1 Å². The van der Waals surface area contributed by atoms with E-state index in [0.29, 0.717) is 17.8 Å². The molecule has 4 rings (SSSR count). The molecule has 3 saturated carbocycles. The summed E-state index contributed by atoms with van der Waals surface area (Å²) >= 11 is 0. The number of methoxy groups -OCH3 is 1. The van der Waals surface area contributed by atoms with Gasteiger partial charge in [0.25, 0.3) is 0 Å². The minimum absolute atomic E-state index is 0. The molecular weight excluding hydrogens is 338 g/mol. The number of carbonyl (C=O) groups is 2. The second-order valence-corrected chi connectivity index (χ2v) is 8.91. The maximum atomic E-state index is 12.3. The summed E-state index contributed by atoms with van der Waals surface area (Å²) in [5, 5.41) is 3.20. The molecule has 4 heteroatoms. The molecule has 1 N–H and O–H groups in total. The molecule has 4 aliphatic rings. The van der Waals surface area contributed by atoms with Gasteiger partial charge in [0.15, 0.2) is 0 Å². The lowest BCUT2D eigenvalue weighted by atomic mass is 9.48.